The van der Waals surface area contributed by atoms with E-state index in [0.717, 1.165) is 5.56 Å². The summed E-state index contributed by atoms with van der Waals surface area (Å²) in [7, 11) is 0. The molecule has 0 fully saturated rings. The number of hydrogen-bond donors (Lipinski definition) is 3. The van der Waals surface area contributed by atoms with Crippen molar-refractivity contribution in [1.82, 2.24) is 10.9 Å². The number of anilines is 1. The highest BCUT2D eigenvalue weighted by Crippen LogP contribution is 2.25. The zero-order valence-electron chi connectivity index (χ0n) is 11.6. The molecule has 1 amide bonds. The molecule has 2 rings (SSSR count). The highest BCUT2D eigenvalue weighted by Gasteiger charge is 2.07. The quantitative estimate of drug-likeness (QED) is 0.565. The Morgan fingerprint density at radius 3 is 2.55 bits per heavy atom. The van der Waals surface area contributed by atoms with Crippen LogP contribution >= 0.6 is 35.4 Å². The van der Waals surface area contributed by atoms with E-state index in [1.54, 1.807) is 30.3 Å². The predicted molar refractivity (Wildman–Crippen MR) is 94.5 cm³/mol. The van der Waals surface area contributed by atoms with Crippen LogP contribution in [0.3, 0.4) is 0 Å². The van der Waals surface area contributed by atoms with Crippen LogP contribution < -0.4 is 16.2 Å². The van der Waals surface area contributed by atoms with E-state index in [1.165, 1.54) is 0 Å². The molecule has 0 heterocycles. The first-order valence-corrected chi connectivity index (χ1v) is 7.51. The molecule has 0 aliphatic carbocycles. The van der Waals surface area contributed by atoms with Crippen LogP contribution in [0.15, 0.2) is 42.5 Å². The van der Waals surface area contributed by atoms with E-state index in [4.69, 9.17) is 35.4 Å². The molecular weight excluding hydrogens is 341 g/mol. The Kier molecular flexibility index (Phi) is 5.60. The van der Waals surface area contributed by atoms with Gasteiger partial charge in [-0.1, -0.05) is 40.9 Å². The summed E-state index contributed by atoms with van der Waals surface area (Å²) in [5, 5.41) is 4.05. The van der Waals surface area contributed by atoms with Crippen molar-refractivity contribution in [2.75, 3.05) is 5.32 Å². The van der Waals surface area contributed by atoms with Crippen LogP contribution in [0, 0.1) is 6.92 Å². The zero-order chi connectivity index (χ0) is 16.1. The first-order valence-electron chi connectivity index (χ1n) is 6.35. The van der Waals surface area contributed by atoms with E-state index in [2.05, 4.69) is 16.2 Å². The number of thiocarbonyl (C=S) groups is 1. The number of carbonyl (C=O) groups excluding carboxylic acids is 1. The molecular formula is C15H13Cl2N3OS. The largest absolute Gasteiger partial charge is 0.330 e. The topological polar surface area (TPSA) is 53.2 Å². The number of carbonyl (C=O) groups is 1. The molecule has 114 valence electrons. The van der Waals surface area contributed by atoms with E-state index < -0.39 is 0 Å². The summed E-state index contributed by atoms with van der Waals surface area (Å²) >= 11 is 16.9. The van der Waals surface area contributed by atoms with E-state index in [1.807, 2.05) is 19.1 Å². The molecule has 0 atom stereocenters. The maximum Gasteiger partial charge on any atom is 0.269 e. The minimum Gasteiger partial charge on any atom is -0.330 e. The lowest BCUT2D eigenvalue weighted by Gasteiger charge is -2.13. The third kappa shape index (κ3) is 4.59. The molecule has 2 aromatic rings. The Bertz CT molecular complexity index is 722. The monoisotopic (exact) mass is 353 g/mol. The highest BCUT2D eigenvalue weighted by molar-refractivity contribution is 7.80. The fourth-order valence-corrected chi connectivity index (χ4v) is 2.33. The summed E-state index contributed by atoms with van der Waals surface area (Å²) in [4.78, 5) is 12.0. The van der Waals surface area contributed by atoms with Crippen molar-refractivity contribution in [2.24, 2.45) is 0 Å². The lowest BCUT2D eigenvalue weighted by atomic mass is 10.1. The van der Waals surface area contributed by atoms with E-state index in [9.17, 15) is 4.79 Å². The van der Waals surface area contributed by atoms with Gasteiger partial charge in [-0.25, -0.2) is 0 Å². The van der Waals surface area contributed by atoms with Gasteiger partial charge < -0.3 is 5.32 Å². The molecule has 3 N–H and O–H groups in total. The van der Waals surface area contributed by atoms with Gasteiger partial charge in [0.25, 0.3) is 5.91 Å². The van der Waals surface area contributed by atoms with E-state index in [0.29, 0.717) is 21.3 Å². The molecule has 0 bridgehead atoms. The number of nitrogens with one attached hydrogen (secondary N) is 3. The highest BCUT2D eigenvalue weighted by atomic mass is 35.5. The molecule has 0 saturated carbocycles. The number of rotatable bonds is 2. The van der Waals surface area contributed by atoms with Crippen LogP contribution in [0.25, 0.3) is 0 Å². The minimum atomic E-state index is -0.282. The summed E-state index contributed by atoms with van der Waals surface area (Å²) in [6, 6.07) is 12.2. The number of hydrazine groups is 1. The fraction of sp³-hybridized carbons (Fsp3) is 0.0667. The zero-order valence-corrected chi connectivity index (χ0v) is 13.9. The predicted octanol–water partition coefficient (Wildman–Crippen LogP) is 3.93. The molecule has 4 nitrogen and oxygen atoms in total. The van der Waals surface area contributed by atoms with Crippen molar-refractivity contribution < 1.29 is 4.79 Å². The molecule has 7 heteroatoms. The van der Waals surface area contributed by atoms with Gasteiger partial charge in [-0.15, -0.1) is 0 Å². The molecule has 22 heavy (non-hydrogen) atoms. The first kappa shape index (κ1) is 16.5. The van der Waals surface area contributed by atoms with Crippen LogP contribution in [0.1, 0.15) is 15.9 Å². The van der Waals surface area contributed by atoms with Gasteiger partial charge in [0.05, 0.1) is 10.7 Å². The molecule has 0 aliphatic rings. The number of amides is 1. The molecule has 0 aliphatic heterocycles. The van der Waals surface area contributed by atoms with Gasteiger partial charge in [0.15, 0.2) is 5.11 Å². The van der Waals surface area contributed by atoms with Gasteiger partial charge in [0.1, 0.15) is 0 Å². The maximum absolute atomic E-state index is 12.0. The van der Waals surface area contributed by atoms with Crippen molar-refractivity contribution in [3.8, 4) is 0 Å². The second-order valence-electron chi connectivity index (χ2n) is 4.53. The molecule has 2 aromatic carbocycles. The second kappa shape index (κ2) is 7.45. The van der Waals surface area contributed by atoms with Crippen molar-refractivity contribution in [3.05, 3.63) is 63.6 Å². The number of hydrogen-bond acceptors (Lipinski definition) is 2. The van der Waals surface area contributed by atoms with Crippen LogP contribution in [-0.4, -0.2) is 11.0 Å². The molecule has 0 radical (unpaired) electrons. The minimum absolute atomic E-state index is 0.213. The lowest BCUT2D eigenvalue weighted by molar-refractivity contribution is 0.0944. The van der Waals surface area contributed by atoms with Crippen molar-refractivity contribution in [1.29, 1.82) is 0 Å². The molecule has 0 aromatic heterocycles. The van der Waals surface area contributed by atoms with Crippen LogP contribution in [0.5, 0.6) is 0 Å². The van der Waals surface area contributed by atoms with Gasteiger partial charge >= 0.3 is 0 Å². The Labute approximate surface area is 143 Å². The standard InChI is InChI=1S/C15H13Cl2N3OS/c1-9-3-2-4-10(7-9)14(21)19-20-15(22)18-13-6-5-11(16)8-12(13)17/h2-8H,1H3,(H,19,21)(H2,18,20,22). The summed E-state index contributed by atoms with van der Waals surface area (Å²) in [5.74, 6) is -0.282. The first-order chi connectivity index (χ1) is 10.5. The average Bonchev–Trinajstić information content (AvgIpc) is 2.47. The number of halogens is 2. The fourth-order valence-electron chi connectivity index (χ4n) is 1.72. The average molecular weight is 354 g/mol. The Balaban J connectivity index is 1.91. The van der Waals surface area contributed by atoms with Crippen LogP contribution in [0.4, 0.5) is 5.69 Å². The van der Waals surface area contributed by atoms with Gasteiger partial charge in [-0.3, -0.25) is 15.6 Å². The van der Waals surface area contributed by atoms with E-state index in [-0.39, 0.29) is 11.0 Å². The van der Waals surface area contributed by atoms with Gasteiger partial charge in [0, 0.05) is 10.6 Å². The normalized spacial score (nSPS) is 9.95. The smallest absolute Gasteiger partial charge is 0.269 e. The Morgan fingerprint density at radius 1 is 1.09 bits per heavy atom. The Hall–Kier alpha value is -1.82. The van der Waals surface area contributed by atoms with Crippen molar-refractivity contribution in [3.63, 3.8) is 0 Å². The third-order valence-electron chi connectivity index (χ3n) is 2.75. The Morgan fingerprint density at radius 2 is 1.86 bits per heavy atom. The van der Waals surface area contributed by atoms with Crippen LogP contribution in [-0.2, 0) is 0 Å². The van der Waals surface area contributed by atoms with Crippen LogP contribution in [0.2, 0.25) is 10.0 Å². The molecule has 0 spiro atoms. The summed E-state index contributed by atoms with van der Waals surface area (Å²) in [6.45, 7) is 1.92. The summed E-state index contributed by atoms with van der Waals surface area (Å²) in [6.07, 6.45) is 0. The summed E-state index contributed by atoms with van der Waals surface area (Å²) in [5.41, 5.74) is 7.27. The second-order valence-corrected chi connectivity index (χ2v) is 5.78. The van der Waals surface area contributed by atoms with Crippen molar-refractivity contribution in [2.45, 2.75) is 6.92 Å². The van der Waals surface area contributed by atoms with E-state index >= 15 is 0 Å². The third-order valence-corrected chi connectivity index (χ3v) is 3.50. The van der Waals surface area contributed by atoms with Gasteiger partial charge in [0.2, 0.25) is 0 Å². The molecule has 0 unspecified atom stereocenters. The number of aryl methyl sites for hydroxylation is 1. The maximum atomic E-state index is 12.0. The van der Waals surface area contributed by atoms with Gasteiger partial charge in [-0.05, 0) is 49.5 Å². The number of benzene rings is 2. The van der Waals surface area contributed by atoms with Crippen molar-refractivity contribution >= 4 is 52.1 Å². The summed E-state index contributed by atoms with van der Waals surface area (Å²) < 4.78 is 0. The molecule has 0 saturated heterocycles. The SMILES string of the molecule is Cc1cccc(C(=O)NNC(=S)Nc2ccc(Cl)cc2Cl)c1. The lowest BCUT2D eigenvalue weighted by Crippen LogP contribution is -2.43. The van der Waals surface area contributed by atoms with Gasteiger partial charge in [-0.2, -0.15) is 0 Å².